The quantitative estimate of drug-likeness (QED) is 0.479. The summed E-state index contributed by atoms with van der Waals surface area (Å²) < 4.78 is 9.54. The zero-order valence-corrected chi connectivity index (χ0v) is 17.0. The van der Waals surface area contributed by atoms with E-state index >= 15 is 0 Å². The maximum Gasteiger partial charge on any atom is 0.279 e. The van der Waals surface area contributed by atoms with Crippen molar-refractivity contribution in [1.29, 1.82) is 0 Å². The largest absolute Gasteiger partial charge is 0.495 e. The number of para-hydroxylation sites is 1. The van der Waals surface area contributed by atoms with Crippen LogP contribution in [0.5, 0.6) is 17.5 Å². The number of rotatable bonds is 5. The molecule has 4 rings (SSSR count). The molecule has 2 N–H and O–H groups in total. The average molecular weight is 421 g/mol. The highest BCUT2D eigenvalue weighted by Crippen LogP contribution is 2.28. The zero-order valence-electron chi connectivity index (χ0n) is 16.1. The molecule has 4 aromatic rings. The summed E-state index contributed by atoms with van der Waals surface area (Å²) >= 11 is 1.39. The highest BCUT2D eigenvalue weighted by molar-refractivity contribution is 7.16. The summed E-state index contributed by atoms with van der Waals surface area (Å²) in [5.41, 5.74) is 1.63. The Morgan fingerprint density at radius 2 is 1.90 bits per heavy atom. The van der Waals surface area contributed by atoms with Crippen LogP contribution in [-0.4, -0.2) is 32.4 Å². The minimum absolute atomic E-state index is 0.130. The molecule has 0 saturated heterocycles. The van der Waals surface area contributed by atoms with Gasteiger partial charge in [-0.1, -0.05) is 29.5 Å². The number of aromatic hydroxyl groups is 2. The predicted octanol–water partition coefficient (Wildman–Crippen LogP) is 3.84. The molecule has 0 saturated carbocycles. The molecular formula is C22H19N3O4S. The molecule has 0 unspecified atom stereocenters. The van der Waals surface area contributed by atoms with Crippen molar-refractivity contribution in [3.63, 3.8) is 0 Å². The maximum absolute atomic E-state index is 12.9. The third-order valence-corrected chi connectivity index (χ3v) is 5.63. The van der Waals surface area contributed by atoms with Gasteiger partial charge in [0.05, 0.1) is 17.5 Å². The SMILES string of the molecule is C=CCn1c(=NC(=O)c2cccc(-n3c(O)ccc3O)c2)sc2cccc(OC)c21. The minimum Gasteiger partial charge on any atom is -0.495 e. The number of fused-ring (bicyclic) bond motifs is 1. The molecule has 0 atom stereocenters. The monoisotopic (exact) mass is 421 g/mol. The first-order valence-electron chi connectivity index (χ1n) is 9.10. The number of amides is 1. The van der Waals surface area contributed by atoms with Crippen LogP contribution in [0, 0.1) is 0 Å². The molecule has 0 aliphatic heterocycles. The van der Waals surface area contributed by atoms with E-state index in [-0.39, 0.29) is 11.8 Å². The first-order valence-corrected chi connectivity index (χ1v) is 9.91. The number of hydrogen-bond donors (Lipinski definition) is 2. The van der Waals surface area contributed by atoms with E-state index in [4.69, 9.17) is 4.74 Å². The van der Waals surface area contributed by atoms with Crippen LogP contribution < -0.4 is 9.54 Å². The van der Waals surface area contributed by atoms with Crippen LogP contribution in [0.1, 0.15) is 10.4 Å². The normalized spacial score (nSPS) is 11.7. The Labute approximate surface area is 176 Å². The Morgan fingerprint density at radius 1 is 1.17 bits per heavy atom. The fourth-order valence-electron chi connectivity index (χ4n) is 3.26. The third-order valence-electron chi connectivity index (χ3n) is 4.58. The van der Waals surface area contributed by atoms with Gasteiger partial charge in [-0.05, 0) is 30.3 Å². The van der Waals surface area contributed by atoms with Crippen molar-refractivity contribution in [3.8, 4) is 23.2 Å². The molecule has 0 bridgehead atoms. The van der Waals surface area contributed by atoms with Crippen LogP contribution in [0.3, 0.4) is 0 Å². The number of methoxy groups -OCH3 is 1. The summed E-state index contributed by atoms with van der Waals surface area (Å²) in [6.07, 6.45) is 1.74. The zero-order chi connectivity index (χ0) is 21.3. The number of hydrogen-bond acceptors (Lipinski definition) is 5. The summed E-state index contributed by atoms with van der Waals surface area (Å²) in [4.78, 5) is 17.8. The molecule has 1 amide bonds. The lowest BCUT2D eigenvalue weighted by Gasteiger charge is -2.08. The van der Waals surface area contributed by atoms with Gasteiger partial charge in [0, 0.05) is 24.2 Å². The molecule has 7 nitrogen and oxygen atoms in total. The van der Waals surface area contributed by atoms with Crippen molar-refractivity contribution in [2.45, 2.75) is 6.54 Å². The lowest BCUT2D eigenvalue weighted by Crippen LogP contribution is -2.16. The Bertz CT molecular complexity index is 1310. The topological polar surface area (TPSA) is 89.0 Å². The van der Waals surface area contributed by atoms with Crippen molar-refractivity contribution in [2.75, 3.05) is 7.11 Å². The van der Waals surface area contributed by atoms with E-state index in [1.807, 2.05) is 22.8 Å². The summed E-state index contributed by atoms with van der Waals surface area (Å²) in [7, 11) is 1.60. The number of allylic oxidation sites excluding steroid dienone is 1. The number of carbonyl (C=O) groups excluding carboxylic acids is 1. The maximum atomic E-state index is 12.9. The van der Waals surface area contributed by atoms with Gasteiger partial charge in [-0.3, -0.25) is 9.36 Å². The van der Waals surface area contributed by atoms with E-state index in [2.05, 4.69) is 11.6 Å². The van der Waals surface area contributed by atoms with Crippen LogP contribution in [-0.2, 0) is 6.54 Å². The molecule has 0 fully saturated rings. The predicted molar refractivity (Wildman–Crippen MR) is 116 cm³/mol. The Hall–Kier alpha value is -3.78. The highest BCUT2D eigenvalue weighted by atomic mass is 32.1. The van der Waals surface area contributed by atoms with Gasteiger partial charge in [0.25, 0.3) is 5.91 Å². The van der Waals surface area contributed by atoms with Gasteiger partial charge in [0.15, 0.2) is 16.6 Å². The van der Waals surface area contributed by atoms with Gasteiger partial charge in [0.2, 0.25) is 0 Å². The molecule has 0 spiro atoms. The molecule has 2 aromatic heterocycles. The van der Waals surface area contributed by atoms with E-state index < -0.39 is 5.91 Å². The van der Waals surface area contributed by atoms with Crippen molar-refractivity contribution in [3.05, 3.63) is 77.6 Å². The Kier molecular flexibility index (Phi) is 5.16. The summed E-state index contributed by atoms with van der Waals surface area (Å²) in [6, 6.07) is 15.0. The second-order valence-corrected chi connectivity index (χ2v) is 7.45. The van der Waals surface area contributed by atoms with E-state index in [1.165, 1.54) is 28.0 Å². The fraction of sp³-hybridized carbons (Fsp3) is 0.0909. The standard InChI is InChI=1S/C22H19N3O4S/c1-3-12-24-20-16(29-2)8-5-9-17(20)30-22(24)23-21(28)14-6-4-7-15(13-14)25-18(26)10-11-19(25)27/h3-11,13,26-27H,1,12H2,2H3. The molecule has 30 heavy (non-hydrogen) atoms. The van der Waals surface area contributed by atoms with E-state index in [0.29, 0.717) is 28.3 Å². The number of nitrogens with zero attached hydrogens (tertiary/aromatic N) is 3. The second-order valence-electron chi connectivity index (χ2n) is 6.44. The van der Waals surface area contributed by atoms with Crippen molar-refractivity contribution >= 4 is 27.5 Å². The van der Waals surface area contributed by atoms with Gasteiger partial charge in [-0.15, -0.1) is 6.58 Å². The lowest BCUT2D eigenvalue weighted by molar-refractivity contribution is 0.0997. The van der Waals surface area contributed by atoms with Crippen molar-refractivity contribution in [1.82, 2.24) is 9.13 Å². The molecule has 8 heteroatoms. The van der Waals surface area contributed by atoms with Crippen molar-refractivity contribution < 1.29 is 19.7 Å². The third kappa shape index (κ3) is 3.37. The van der Waals surface area contributed by atoms with Crippen LogP contribution in [0.15, 0.2) is 72.2 Å². The molecule has 0 aliphatic rings. The van der Waals surface area contributed by atoms with E-state index in [1.54, 1.807) is 37.5 Å². The summed E-state index contributed by atoms with van der Waals surface area (Å²) in [5.74, 6) is -0.00435. The average Bonchev–Trinajstić information content (AvgIpc) is 3.27. The first kappa shape index (κ1) is 19.5. The van der Waals surface area contributed by atoms with E-state index in [0.717, 1.165) is 10.2 Å². The molecular weight excluding hydrogens is 402 g/mol. The molecule has 0 aliphatic carbocycles. The first-order chi connectivity index (χ1) is 14.5. The number of ether oxygens (including phenoxy) is 1. The van der Waals surface area contributed by atoms with Gasteiger partial charge in [-0.25, -0.2) is 0 Å². The van der Waals surface area contributed by atoms with Gasteiger partial charge < -0.3 is 19.5 Å². The lowest BCUT2D eigenvalue weighted by atomic mass is 10.2. The van der Waals surface area contributed by atoms with Gasteiger partial charge in [0.1, 0.15) is 11.3 Å². The van der Waals surface area contributed by atoms with Crippen LogP contribution in [0.4, 0.5) is 0 Å². The Morgan fingerprint density at radius 3 is 2.60 bits per heavy atom. The van der Waals surface area contributed by atoms with Crippen LogP contribution >= 0.6 is 11.3 Å². The number of carbonyl (C=O) groups is 1. The molecule has 2 heterocycles. The van der Waals surface area contributed by atoms with Gasteiger partial charge in [-0.2, -0.15) is 4.99 Å². The second kappa shape index (κ2) is 7.92. The summed E-state index contributed by atoms with van der Waals surface area (Å²) in [6.45, 7) is 4.27. The number of benzene rings is 2. The Balaban J connectivity index is 1.82. The van der Waals surface area contributed by atoms with Crippen molar-refractivity contribution in [2.24, 2.45) is 4.99 Å². The molecule has 152 valence electrons. The molecule has 2 aromatic carbocycles. The highest BCUT2D eigenvalue weighted by Gasteiger charge is 2.14. The fourth-order valence-corrected chi connectivity index (χ4v) is 4.31. The van der Waals surface area contributed by atoms with E-state index in [9.17, 15) is 15.0 Å². The van der Waals surface area contributed by atoms with Crippen LogP contribution in [0.25, 0.3) is 15.9 Å². The number of aromatic nitrogens is 2. The minimum atomic E-state index is -0.439. The smallest absolute Gasteiger partial charge is 0.279 e. The van der Waals surface area contributed by atoms with Crippen LogP contribution in [0.2, 0.25) is 0 Å². The van der Waals surface area contributed by atoms with Gasteiger partial charge >= 0.3 is 0 Å². The summed E-state index contributed by atoms with van der Waals surface area (Å²) in [5, 5.41) is 19.9. The number of thiazole rings is 1. The molecule has 0 radical (unpaired) electrons.